The number of hydrogen-bond donors (Lipinski definition) is 0. The molecule has 3 heterocycles. The highest BCUT2D eigenvalue weighted by molar-refractivity contribution is 6.30. The minimum Gasteiger partial charge on any atom is -0.306 e. The Morgan fingerprint density at radius 2 is 1.72 bits per heavy atom. The second-order valence-corrected chi connectivity index (χ2v) is 7.83. The van der Waals surface area contributed by atoms with E-state index in [1.165, 1.54) is 6.20 Å². The Balaban J connectivity index is 1.74. The van der Waals surface area contributed by atoms with Crippen LogP contribution in [0.3, 0.4) is 0 Å². The van der Waals surface area contributed by atoms with E-state index in [9.17, 15) is 9.59 Å². The summed E-state index contributed by atoms with van der Waals surface area (Å²) in [4.78, 5) is 34.3. The van der Waals surface area contributed by atoms with Crippen molar-refractivity contribution in [1.82, 2.24) is 14.8 Å². The van der Waals surface area contributed by atoms with Crippen LogP contribution >= 0.6 is 23.2 Å². The first-order valence-corrected chi connectivity index (χ1v) is 9.90. The maximum absolute atomic E-state index is 13.5. The maximum atomic E-state index is 13.5. The largest absolute Gasteiger partial charge is 0.306 e. The van der Waals surface area contributed by atoms with E-state index in [4.69, 9.17) is 23.2 Å². The molecule has 0 saturated carbocycles. The van der Waals surface area contributed by atoms with Gasteiger partial charge in [0, 0.05) is 41.0 Å². The quantitative estimate of drug-likeness (QED) is 0.580. The van der Waals surface area contributed by atoms with Gasteiger partial charge in [-0.3, -0.25) is 9.59 Å². The Kier molecular flexibility index (Phi) is 4.12. The summed E-state index contributed by atoms with van der Waals surface area (Å²) in [6.45, 7) is 0.840. The molecular weight excluding hydrogens is 409 g/mol. The molecule has 0 aliphatic carbocycles. The number of nitrogens with zero attached hydrogens (tertiary/aromatic N) is 3. The first-order valence-electron chi connectivity index (χ1n) is 9.14. The van der Waals surface area contributed by atoms with Gasteiger partial charge in [0.25, 0.3) is 11.8 Å². The summed E-state index contributed by atoms with van der Waals surface area (Å²) in [5, 5.41) is 0.908. The van der Waals surface area contributed by atoms with Gasteiger partial charge in [-0.15, -0.1) is 0 Å². The fraction of sp³-hybridized carbons (Fsp3) is 0.136. The number of halogens is 2. The van der Waals surface area contributed by atoms with E-state index in [0.717, 1.165) is 11.1 Å². The van der Waals surface area contributed by atoms with Gasteiger partial charge in [0.05, 0.1) is 5.56 Å². The van der Waals surface area contributed by atoms with Gasteiger partial charge < -0.3 is 9.80 Å². The molecule has 1 unspecified atom stereocenters. The van der Waals surface area contributed by atoms with E-state index in [1.54, 1.807) is 40.1 Å². The van der Waals surface area contributed by atoms with Crippen molar-refractivity contribution in [2.45, 2.75) is 5.66 Å². The summed E-state index contributed by atoms with van der Waals surface area (Å²) in [6.07, 6.45) is 1.46. The summed E-state index contributed by atoms with van der Waals surface area (Å²) < 4.78 is 0. The lowest BCUT2D eigenvalue weighted by Gasteiger charge is -2.40. The molecule has 1 fully saturated rings. The predicted octanol–water partition coefficient (Wildman–Crippen LogP) is 4.20. The van der Waals surface area contributed by atoms with Gasteiger partial charge >= 0.3 is 0 Å². The number of hydrogen-bond acceptors (Lipinski definition) is 3. The fourth-order valence-electron chi connectivity index (χ4n) is 4.38. The van der Waals surface area contributed by atoms with Gasteiger partial charge in [-0.1, -0.05) is 53.5 Å². The van der Waals surface area contributed by atoms with Crippen molar-refractivity contribution < 1.29 is 9.59 Å². The number of benzene rings is 2. The second kappa shape index (κ2) is 6.58. The van der Waals surface area contributed by atoms with Crippen molar-refractivity contribution in [1.29, 1.82) is 0 Å². The number of aromatic nitrogens is 1. The first kappa shape index (κ1) is 18.2. The Morgan fingerprint density at radius 1 is 0.966 bits per heavy atom. The van der Waals surface area contributed by atoms with Crippen LogP contribution in [0.25, 0.3) is 0 Å². The molecular formula is C22H15Cl2N3O2. The average molecular weight is 424 g/mol. The molecule has 1 saturated heterocycles. The zero-order chi connectivity index (χ0) is 20.2. The second-order valence-electron chi connectivity index (χ2n) is 7.01. The molecule has 2 aromatic carbocycles. The van der Waals surface area contributed by atoms with E-state index in [-0.39, 0.29) is 11.8 Å². The van der Waals surface area contributed by atoms with Gasteiger partial charge in [-0.25, -0.2) is 4.98 Å². The van der Waals surface area contributed by atoms with E-state index >= 15 is 0 Å². The highest BCUT2D eigenvalue weighted by atomic mass is 35.5. The highest BCUT2D eigenvalue weighted by Gasteiger charge is 2.59. The number of amides is 2. The zero-order valence-electron chi connectivity index (χ0n) is 15.2. The molecule has 2 amide bonds. The first-order chi connectivity index (χ1) is 14.0. The number of fused-ring (bicyclic) bond motifs is 3. The van der Waals surface area contributed by atoms with Crippen LogP contribution in [-0.2, 0) is 5.66 Å². The smallest absolute Gasteiger partial charge is 0.257 e. The standard InChI is InChI=1S/C22H15Cl2N3O2/c23-16-8-6-15(7-9-16)22-18-4-2-1-3-17(18)21(29)27(22)12-11-26(22)20(28)14-5-10-19(24)25-13-14/h1-10,13H,11-12H2. The molecule has 2 aliphatic rings. The van der Waals surface area contributed by atoms with Gasteiger partial charge in [0.15, 0.2) is 5.66 Å². The SMILES string of the molecule is O=C(c1ccc(Cl)nc1)N1CCN2C(=O)c3ccccc3C12c1ccc(Cl)cc1. The van der Waals surface area contributed by atoms with E-state index in [1.807, 2.05) is 30.3 Å². The molecule has 5 nitrogen and oxygen atoms in total. The molecule has 29 heavy (non-hydrogen) atoms. The fourth-order valence-corrected chi connectivity index (χ4v) is 4.62. The van der Waals surface area contributed by atoms with Crippen LogP contribution in [-0.4, -0.2) is 39.7 Å². The molecule has 2 aliphatic heterocycles. The van der Waals surface area contributed by atoms with Crippen molar-refractivity contribution in [3.8, 4) is 0 Å². The molecule has 1 atom stereocenters. The molecule has 0 spiro atoms. The van der Waals surface area contributed by atoms with Crippen LogP contribution in [0.5, 0.6) is 0 Å². The van der Waals surface area contributed by atoms with Gasteiger partial charge in [0.1, 0.15) is 5.15 Å². The van der Waals surface area contributed by atoms with Gasteiger partial charge in [0.2, 0.25) is 0 Å². The monoisotopic (exact) mass is 423 g/mol. The summed E-state index contributed by atoms with van der Waals surface area (Å²) in [5.74, 6) is -0.295. The van der Waals surface area contributed by atoms with E-state index in [2.05, 4.69) is 4.98 Å². The van der Waals surface area contributed by atoms with Crippen LogP contribution in [0.1, 0.15) is 31.8 Å². The van der Waals surface area contributed by atoms with Crippen LogP contribution in [0, 0.1) is 0 Å². The molecule has 7 heteroatoms. The predicted molar refractivity (Wildman–Crippen MR) is 110 cm³/mol. The molecule has 144 valence electrons. The van der Waals surface area contributed by atoms with Gasteiger partial charge in [-0.05, 0) is 30.3 Å². The Hall–Kier alpha value is -2.89. The summed E-state index contributed by atoms with van der Waals surface area (Å²) in [7, 11) is 0. The summed E-state index contributed by atoms with van der Waals surface area (Å²) >= 11 is 12.0. The molecule has 3 aromatic rings. The minimum atomic E-state index is -1.02. The Labute approximate surface area is 177 Å². The number of rotatable bonds is 2. The van der Waals surface area contributed by atoms with E-state index in [0.29, 0.717) is 34.4 Å². The van der Waals surface area contributed by atoms with Crippen molar-refractivity contribution in [2.75, 3.05) is 13.1 Å². The van der Waals surface area contributed by atoms with Crippen LogP contribution in [0.15, 0.2) is 66.9 Å². The lowest BCUT2D eigenvalue weighted by atomic mass is 9.89. The topological polar surface area (TPSA) is 53.5 Å². The molecule has 1 aromatic heterocycles. The third-order valence-electron chi connectivity index (χ3n) is 5.57. The number of carbonyl (C=O) groups excluding carboxylic acids is 2. The number of pyridine rings is 1. The third kappa shape index (κ3) is 2.51. The van der Waals surface area contributed by atoms with Crippen LogP contribution in [0.4, 0.5) is 0 Å². The van der Waals surface area contributed by atoms with Crippen molar-refractivity contribution in [2.24, 2.45) is 0 Å². The lowest BCUT2D eigenvalue weighted by molar-refractivity contribution is 0.0375. The molecule has 0 bridgehead atoms. The highest BCUT2D eigenvalue weighted by Crippen LogP contribution is 2.50. The third-order valence-corrected chi connectivity index (χ3v) is 6.05. The molecule has 0 radical (unpaired) electrons. The van der Waals surface area contributed by atoms with Crippen LogP contribution < -0.4 is 0 Å². The van der Waals surface area contributed by atoms with E-state index < -0.39 is 5.66 Å². The Bertz CT molecular complexity index is 1130. The minimum absolute atomic E-state index is 0.0833. The number of carbonyl (C=O) groups is 2. The summed E-state index contributed by atoms with van der Waals surface area (Å²) in [5.41, 5.74) is 1.61. The van der Waals surface area contributed by atoms with Crippen molar-refractivity contribution >= 4 is 35.0 Å². The lowest BCUT2D eigenvalue weighted by Crippen LogP contribution is -2.51. The van der Waals surface area contributed by atoms with Crippen molar-refractivity contribution in [3.05, 3.63) is 99.3 Å². The average Bonchev–Trinajstić information content (AvgIpc) is 3.25. The maximum Gasteiger partial charge on any atom is 0.257 e. The van der Waals surface area contributed by atoms with Gasteiger partial charge in [-0.2, -0.15) is 0 Å². The summed E-state index contributed by atoms with van der Waals surface area (Å²) in [6, 6.07) is 18.0. The zero-order valence-corrected chi connectivity index (χ0v) is 16.7. The van der Waals surface area contributed by atoms with Crippen LogP contribution in [0.2, 0.25) is 10.2 Å². The normalized spacial score (nSPS) is 20.0. The molecule has 5 rings (SSSR count). The Morgan fingerprint density at radius 3 is 2.45 bits per heavy atom. The molecule has 0 N–H and O–H groups in total. The van der Waals surface area contributed by atoms with Crippen molar-refractivity contribution in [3.63, 3.8) is 0 Å².